The summed E-state index contributed by atoms with van der Waals surface area (Å²) in [7, 11) is 0. The first-order chi connectivity index (χ1) is 22.0. The highest BCUT2D eigenvalue weighted by Gasteiger charge is 2.33. The summed E-state index contributed by atoms with van der Waals surface area (Å²) in [5, 5.41) is 12.2. The largest absolute Gasteiger partial charge is 0.490 e. The number of halogens is 3. The number of carbonyl (C=O) groups is 1. The van der Waals surface area contributed by atoms with Gasteiger partial charge in [-0.2, -0.15) is 0 Å². The van der Waals surface area contributed by atoms with Crippen LogP contribution < -0.4 is 24.4 Å². The number of nitro groups is 1. The summed E-state index contributed by atoms with van der Waals surface area (Å²) in [6, 6.07) is 13.8. The molecule has 0 spiro atoms. The fourth-order valence-electron chi connectivity index (χ4n) is 4.90. The number of fused-ring (bicyclic) bond motifs is 1. The van der Waals surface area contributed by atoms with Crippen molar-refractivity contribution in [2.75, 3.05) is 13.2 Å². The maximum atomic E-state index is 14.0. The van der Waals surface area contributed by atoms with Crippen molar-refractivity contribution in [1.29, 1.82) is 0 Å². The molecule has 0 saturated carbocycles. The molecule has 0 radical (unpaired) electrons. The van der Waals surface area contributed by atoms with Crippen molar-refractivity contribution in [3.63, 3.8) is 0 Å². The van der Waals surface area contributed by atoms with Gasteiger partial charge in [-0.25, -0.2) is 9.79 Å². The van der Waals surface area contributed by atoms with Crippen molar-refractivity contribution < 1.29 is 23.9 Å². The Kier molecular flexibility index (Phi) is 10.5. The Labute approximate surface area is 290 Å². The molecule has 1 aromatic heterocycles. The third-order valence-corrected chi connectivity index (χ3v) is 9.46. The molecule has 0 N–H and O–H groups in total. The molecule has 46 heavy (non-hydrogen) atoms. The van der Waals surface area contributed by atoms with E-state index in [-0.39, 0.29) is 30.0 Å². The van der Waals surface area contributed by atoms with Gasteiger partial charge in [0, 0.05) is 12.1 Å². The maximum absolute atomic E-state index is 14.0. The number of aromatic nitrogens is 1. The van der Waals surface area contributed by atoms with Gasteiger partial charge in [0.1, 0.15) is 6.61 Å². The average Bonchev–Trinajstić information content (AvgIpc) is 3.31. The van der Waals surface area contributed by atoms with Gasteiger partial charge in [0.05, 0.1) is 53.6 Å². The van der Waals surface area contributed by atoms with E-state index in [0.717, 1.165) is 9.13 Å². The van der Waals surface area contributed by atoms with Crippen LogP contribution in [0.15, 0.2) is 75.7 Å². The van der Waals surface area contributed by atoms with E-state index in [1.165, 1.54) is 40.2 Å². The molecule has 2 heterocycles. The summed E-state index contributed by atoms with van der Waals surface area (Å²) < 4.78 is 19.9. The molecule has 3 aromatic carbocycles. The van der Waals surface area contributed by atoms with Crippen LogP contribution in [0.4, 0.5) is 5.69 Å². The molecule has 0 unspecified atom stereocenters. The first-order valence-corrected chi connectivity index (χ1v) is 16.6. The molecule has 1 atom stereocenters. The third kappa shape index (κ3) is 6.99. The fraction of sp³-hybridized carbons (Fsp3) is 0.219. The minimum atomic E-state index is -0.894. The van der Waals surface area contributed by atoms with E-state index in [2.05, 4.69) is 27.6 Å². The van der Waals surface area contributed by atoms with E-state index in [0.29, 0.717) is 54.3 Å². The second kappa shape index (κ2) is 14.4. The number of thiazole rings is 1. The Bertz CT molecular complexity index is 2060. The molecule has 0 amide bonds. The normalized spacial score (nSPS) is 14.5. The van der Waals surface area contributed by atoms with Gasteiger partial charge >= 0.3 is 5.97 Å². The highest BCUT2D eigenvalue weighted by atomic mass is 127. The van der Waals surface area contributed by atoms with Crippen LogP contribution in [-0.2, 0) is 16.1 Å². The van der Waals surface area contributed by atoms with E-state index in [4.69, 9.17) is 37.4 Å². The van der Waals surface area contributed by atoms with Crippen molar-refractivity contribution in [2.24, 2.45) is 4.99 Å². The van der Waals surface area contributed by atoms with E-state index in [1.54, 1.807) is 38.1 Å². The number of benzene rings is 3. The van der Waals surface area contributed by atoms with Crippen LogP contribution >= 0.6 is 57.1 Å². The Morgan fingerprint density at radius 1 is 1.09 bits per heavy atom. The summed E-state index contributed by atoms with van der Waals surface area (Å²) in [6.07, 6.45) is 1.73. The third-order valence-electron chi connectivity index (χ3n) is 6.93. The number of ether oxygens (including phenoxy) is 3. The first kappa shape index (κ1) is 33.6. The van der Waals surface area contributed by atoms with Crippen molar-refractivity contribution in [2.45, 2.75) is 33.4 Å². The number of nitrogens with zero attached hydrogens (tertiary/aromatic N) is 3. The van der Waals surface area contributed by atoms with Crippen LogP contribution in [0.2, 0.25) is 10.0 Å². The molecule has 0 fully saturated rings. The highest BCUT2D eigenvalue weighted by Crippen LogP contribution is 2.36. The van der Waals surface area contributed by atoms with Crippen molar-refractivity contribution in [3.8, 4) is 11.5 Å². The Balaban J connectivity index is 1.58. The quantitative estimate of drug-likeness (QED) is 0.0769. The van der Waals surface area contributed by atoms with E-state index < -0.39 is 16.9 Å². The predicted octanol–water partition coefficient (Wildman–Crippen LogP) is 6.60. The predicted molar refractivity (Wildman–Crippen MR) is 185 cm³/mol. The molecule has 14 heteroatoms. The van der Waals surface area contributed by atoms with Crippen LogP contribution in [0.1, 0.15) is 43.5 Å². The van der Waals surface area contributed by atoms with Gasteiger partial charge in [-0.3, -0.25) is 19.5 Å². The molecule has 0 saturated heterocycles. The summed E-state index contributed by atoms with van der Waals surface area (Å²) in [4.78, 5) is 42.9. The minimum Gasteiger partial charge on any atom is -0.490 e. The van der Waals surface area contributed by atoms with E-state index in [9.17, 15) is 19.7 Å². The van der Waals surface area contributed by atoms with E-state index in [1.807, 2.05) is 19.1 Å². The van der Waals surface area contributed by atoms with E-state index >= 15 is 0 Å². The number of nitro benzene ring substituents is 1. The molecular weight excluding hydrogens is 768 g/mol. The number of rotatable bonds is 10. The van der Waals surface area contributed by atoms with Crippen LogP contribution in [0.5, 0.6) is 11.5 Å². The number of hydrogen-bond donors (Lipinski definition) is 0. The average molecular weight is 794 g/mol. The molecule has 0 bridgehead atoms. The number of non-ortho nitro benzene ring substituents is 1. The van der Waals surface area contributed by atoms with Gasteiger partial charge in [-0.15, -0.1) is 0 Å². The number of hydrogen-bond acceptors (Lipinski definition) is 9. The van der Waals surface area contributed by atoms with Gasteiger partial charge in [0.15, 0.2) is 16.3 Å². The van der Waals surface area contributed by atoms with Crippen LogP contribution in [-0.4, -0.2) is 28.7 Å². The zero-order valence-corrected chi connectivity index (χ0v) is 29.2. The second-order valence-electron chi connectivity index (χ2n) is 9.95. The topological polar surface area (TPSA) is 122 Å². The highest BCUT2D eigenvalue weighted by molar-refractivity contribution is 14.1. The number of allylic oxidation sites excluding steroid dienone is 1. The minimum absolute atomic E-state index is 0.112. The van der Waals surface area contributed by atoms with Crippen molar-refractivity contribution in [1.82, 2.24) is 4.57 Å². The standard InChI is InChI=1S/C32H26Cl2IN3O7S/c1-4-43-25-14-19(13-24(35)29(25)45-16-18-6-11-22(33)23(34)12-18)15-26-30(39)37-28(20-7-9-21(10-8-20)38(41)42)27(31(40)44-5-2)17(3)36-32(37)46-26/h6-15,28H,4-5,16H2,1-3H3/b26-15+/t28-/m0/s1. The van der Waals surface area contributed by atoms with Gasteiger partial charge in [0.25, 0.3) is 11.2 Å². The lowest BCUT2D eigenvalue weighted by Crippen LogP contribution is -2.39. The van der Waals surface area contributed by atoms with Crippen molar-refractivity contribution in [3.05, 3.63) is 126 Å². The lowest BCUT2D eigenvalue weighted by atomic mass is 9.95. The zero-order valence-electron chi connectivity index (χ0n) is 24.7. The summed E-state index contributed by atoms with van der Waals surface area (Å²) >= 11 is 15.5. The van der Waals surface area contributed by atoms with Crippen LogP contribution in [0.3, 0.4) is 0 Å². The molecular formula is C32H26Cl2IN3O7S. The fourth-order valence-corrected chi connectivity index (χ4v) is 7.04. The molecule has 10 nitrogen and oxygen atoms in total. The van der Waals surface area contributed by atoms with Gasteiger partial charge in [-0.1, -0.05) is 40.6 Å². The molecule has 1 aliphatic heterocycles. The second-order valence-corrected chi connectivity index (χ2v) is 12.9. The smallest absolute Gasteiger partial charge is 0.338 e. The molecule has 0 aliphatic carbocycles. The molecule has 238 valence electrons. The summed E-state index contributed by atoms with van der Waals surface area (Å²) in [5.41, 5.74) is 2.11. The monoisotopic (exact) mass is 793 g/mol. The number of carbonyl (C=O) groups excluding carboxylic acids is 1. The Hall–Kier alpha value is -3.72. The Morgan fingerprint density at radius 3 is 2.48 bits per heavy atom. The number of esters is 1. The van der Waals surface area contributed by atoms with Gasteiger partial charge in [-0.05, 0) is 103 Å². The van der Waals surface area contributed by atoms with Crippen molar-refractivity contribution >= 4 is 74.9 Å². The Morgan fingerprint density at radius 2 is 1.83 bits per heavy atom. The lowest BCUT2D eigenvalue weighted by molar-refractivity contribution is -0.384. The summed E-state index contributed by atoms with van der Waals surface area (Å²) in [6.45, 7) is 5.97. The van der Waals surface area contributed by atoms with Gasteiger partial charge in [0.2, 0.25) is 0 Å². The zero-order chi connectivity index (χ0) is 33.1. The molecule has 1 aliphatic rings. The first-order valence-electron chi connectivity index (χ1n) is 14.0. The van der Waals surface area contributed by atoms with Gasteiger partial charge < -0.3 is 14.2 Å². The molecule has 4 aromatic rings. The maximum Gasteiger partial charge on any atom is 0.338 e. The SMILES string of the molecule is CCOC(=O)C1=C(C)N=c2s/c(=C/c3cc(I)c(OCc4ccc(Cl)c(Cl)c4)c(OCC)c3)c(=O)n2[C@H]1c1ccc([N+](=O)[O-])cc1. The molecule has 5 rings (SSSR count). The van der Waals surface area contributed by atoms with Crippen LogP contribution in [0.25, 0.3) is 6.08 Å². The lowest BCUT2D eigenvalue weighted by Gasteiger charge is -2.24. The van der Waals surface area contributed by atoms with Crippen LogP contribution in [0, 0.1) is 13.7 Å². The summed E-state index contributed by atoms with van der Waals surface area (Å²) in [5.74, 6) is 0.423.